The quantitative estimate of drug-likeness (QED) is 0.492. The van der Waals surface area contributed by atoms with Crippen LogP contribution in [-0.4, -0.2) is 37.2 Å². The van der Waals surface area contributed by atoms with Crippen LogP contribution in [0.25, 0.3) is 10.2 Å². The van der Waals surface area contributed by atoms with Crippen molar-refractivity contribution in [2.45, 2.75) is 0 Å². The van der Waals surface area contributed by atoms with E-state index in [1.54, 1.807) is 6.20 Å². The van der Waals surface area contributed by atoms with E-state index in [0.717, 1.165) is 33.9 Å². The number of anilines is 1. The molecule has 19 heavy (non-hydrogen) atoms. The molecule has 1 aliphatic rings. The summed E-state index contributed by atoms with van der Waals surface area (Å²) in [4.78, 5) is 12.8. The lowest BCUT2D eigenvalue weighted by Crippen LogP contribution is -2.37. The maximum Gasteiger partial charge on any atom is 0.249 e. The van der Waals surface area contributed by atoms with Gasteiger partial charge in [-0.1, -0.05) is 0 Å². The molecule has 0 aromatic carbocycles. The van der Waals surface area contributed by atoms with Crippen LogP contribution in [0, 0.1) is 5.41 Å². The van der Waals surface area contributed by atoms with Crippen molar-refractivity contribution in [3.05, 3.63) is 23.2 Å². The molecule has 1 saturated heterocycles. The Hall–Kier alpha value is -1.70. The molecule has 2 aromatic heterocycles. The number of pyridine rings is 1. The van der Waals surface area contributed by atoms with Gasteiger partial charge in [0.1, 0.15) is 9.71 Å². The Morgan fingerprint density at radius 2 is 2.26 bits per heavy atom. The number of nitrogens with one attached hydrogen (secondary N) is 1. The number of aromatic nitrogens is 1. The summed E-state index contributed by atoms with van der Waals surface area (Å²) in [6.45, 7) is 2.97. The van der Waals surface area contributed by atoms with E-state index in [1.165, 1.54) is 11.3 Å². The number of nitrogens with two attached hydrogens (primary N) is 1. The topological polar surface area (TPSA) is 84.5 Å². The number of hydrogen-bond acceptors (Lipinski definition) is 7. The number of nitrogens with zero attached hydrogens (tertiary/aromatic N) is 2. The molecule has 7 heteroatoms. The normalized spacial score (nSPS) is 15.7. The lowest BCUT2D eigenvalue weighted by molar-refractivity contribution is 0.123. The van der Waals surface area contributed by atoms with Gasteiger partial charge in [-0.3, -0.25) is 5.41 Å². The van der Waals surface area contributed by atoms with Crippen LogP contribution in [0.3, 0.4) is 0 Å². The fourth-order valence-corrected chi connectivity index (χ4v) is 3.29. The molecule has 100 valence electrons. The highest BCUT2D eigenvalue weighted by Crippen LogP contribution is 2.37. The maximum absolute atomic E-state index is 7.85. The summed E-state index contributed by atoms with van der Waals surface area (Å²) in [7, 11) is 0. The van der Waals surface area contributed by atoms with Gasteiger partial charge < -0.3 is 14.5 Å². The fraction of sp³-hybridized carbons (Fsp3) is 0.333. The van der Waals surface area contributed by atoms with Gasteiger partial charge in [-0.2, -0.15) is 5.90 Å². The van der Waals surface area contributed by atoms with E-state index in [0.29, 0.717) is 13.2 Å². The van der Waals surface area contributed by atoms with Crippen LogP contribution >= 0.6 is 11.3 Å². The third-order valence-corrected chi connectivity index (χ3v) is 4.19. The monoisotopic (exact) mass is 278 g/mol. The third kappa shape index (κ3) is 2.16. The summed E-state index contributed by atoms with van der Waals surface area (Å²) in [6, 6.07) is 3.91. The van der Waals surface area contributed by atoms with Crippen molar-refractivity contribution in [2.75, 3.05) is 31.2 Å². The van der Waals surface area contributed by atoms with Crippen LogP contribution in [0.1, 0.15) is 4.88 Å². The molecule has 6 nitrogen and oxygen atoms in total. The van der Waals surface area contributed by atoms with Gasteiger partial charge in [-0.15, -0.1) is 11.3 Å². The van der Waals surface area contributed by atoms with Crippen LogP contribution in [0.15, 0.2) is 18.3 Å². The van der Waals surface area contributed by atoms with Gasteiger partial charge in [-0.05, 0) is 12.1 Å². The SMILES string of the molecule is N=C(ON)c1sc2ncccc2c1N1CCOCC1. The molecule has 3 N–H and O–H groups in total. The predicted octanol–water partition coefficient (Wildman–Crippen LogP) is 1.35. The first-order chi connectivity index (χ1) is 9.31. The molecule has 2 aromatic rings. The van der Waals surface area contributed by atoms with E-state index >= 15 is 0 Å². The second kappa shape index (κ2) is 5.12. The molecule has 0 atom stereocenters. The number of rotatable bonds is 2. The van der Waals surface area contributed by atoms with Crippen LogP contribution < -0.4 is 10.8 Å². The second-order valence-electron chi connectivity index (χ2n) is 4.18. The summed E-state index contributed by atoms with van der Waals surface area (Å²) >= 11 is 1.43. The zero-order valence-corrected chi connectivity index (χ0v) is 11.1. The molecule has 3 rings (SSSR count). The maximum atomic E-state index is 7.85. The molecule has 0 amide bonds. The molecule has 1 aliphatic heterocycles. The van der Waals surface area contributed by atoms with Gasteiger partial charge in [0.2, 0.25) is 5.90 Å². The first kappa shape index (κ1) is 12.3. The van der Waals surface area contributed by atoms with Crippen molar-refractivity contribution in [3.8, 4) is 0 Å². The lowest BCUT2D eigenvalue weighted by atomic mass is 10.2. The van der Waals surface area contributed by atoms with Crippen molar-refractivity contribution in [3.63, 3.8) is 0 Å². The average Bonchev–Trinajstić information content (AvgIpc) is 2.86. The Labute approximate surface area is 114 Å². The first-order valence-electron chi connectivity index (χ1n) is 5.97. The molecule has 3 heterocycles. The Morgan fingerprint density at radius 1 is 1.47 bits per heavy atom. The Kier molecular flexibility index (Phi) is 3.33. The highest BCUT2D eigenvalue weighted by atomic mass is 32.1. The van der Waals surface area contributed by atoms with Gasteiger partial charge in [-0.25, -0.2) is 4.98 Å². The molecular formula is C12H14N4O2S. The summed E-state index contributed by atoms with van der Waals surface area (Å²) in [6.07, 6.45) is 1.75. The van der Waals surface area contributed by atoms with Gasteiger partial charge in [0, 0.05) is 24.7 Å². The van der Waals surface area contributed by atoms with E-state index < -0.39 is 0 Å². The lowest BCUT2D eigenvalue weighted by Gasteiger charge is -2.29. The molecule has 0 aliphatic carbocycles. The highest BCUT2D eigenvalue weighted by molar-refractivity contribution is 7.21. The fourth-order valence-electron chi connectivity index (χ4n) is 2.23. The Balaban J connectivity index is 2.15. The van der Waals surface area contributed by atoms with Gasteiger partial charge in [0.05, 0.1) is 18.9 Å². The summed E-state index contributed by atoms with van der Waals surface area (Å²) < 4.78 is 5.37. The Bertz CT molecular complexity index is 607. The largest absolute Gasteiger partial charge is 0.390 e. The van der Waals surface area contributed by atoms with Crippen molar-refractivity contribution in [1.82, 2.24) is 4.98 Å². The standard InChI is InChI=1S/C12H14N4O2S/c13-11(18-14)10-9(16-4-6-17-7-5-16)8-2-1-3-15-12(8)19-10/h1-3,13H,4-7,14H2. The number of fused-ring (bicyclic) bond motifs is 1. The zero-order chi connectivity index (χ0) is 13.2. The molecular weight excluding hydrogens is 264 g/mol. The van der Waals surface area contributed by atoms with E-state index in [4.69, 9.17) is 16.0 Å². The van der Waals surface area contributed by atoms with E-state index in [2.05, 4.69) is 14.7 Å². The zero-order valence-electron chi connectivity index (χ0n) is 10.3. The van der Waals surface area contributed by atoms with Crippen molar-refractivity contribution < 1.29 is 9.57 Å². The number of morpholine rings is 1. The third-order valence-electron chi connectivity index (χ3n) is 3.09. The molecule has 0 unspecified atom stereocenters. The number of hydrogen-bond donors (Lipinski definition) is 2. The first-order valence-corrected chi connectivity index (χ1v) is 6.79. The molecule has 0 radical (unpaired) electrons. The summed E-state index contributed by atoms with van der Waals surface area (Å²) in [5, 5.41) is 8.88. The van der Waals surface area contributed by atoms with E-state index in [1.807, 2.05) is 12.1 Å². The molecule has 1 fully saturated rings. The van der Waals surface area contributed by atoms with Crippen LogP contribution in [0.4, 0.5) is 5.69 Å². The molecule has 0 bridgehead atoms. The minimum atomic E-state index is -0.0236. The van der Waals surface area contributed by atoms with Crippen LogP contribution in [0.5, 0.6) is 0 Å². The molecule has 0 saturated carbocycles. The average molecular weight is 278 g/mol. The predicted molar refractivity (Wildman–Crippen MR) is 74.8 cm³/mol. The van der Waals surface area contributed by atoms with Crippen molar-refractivity contribution >= 4 is 33.1 Å². The summed E-state index contributed by atoms with van der Waals surface area (Å²) in [5.41, 5.74) is 0.979. The Morgan fingerprint density at radius 3 is 3.00 bits per heavy atom. The molecule has 0 spiro atoms. The van der Waals surface area contributed by atoms with Gasteiger partial charge in [0.25, 0.3) is 0 Å². The second-order valence-corrected chi connectivity index (χ2v) is 5.18. The van der Waals surface area contributed by atoms with Crippen LogP contribution in [-0.2, 0) is 9.57 Å². The van der Waals surface area contributed by atoms with Crippen LogP contribution in [0.2, 0.25) is 0 Å². The minimum Gasteiger partial charge on any atom is -0.390 e. The number of ether oxygens (including phenoxy) is 1. The van der Waals surface area contributed by atoms with Crippen molar-refractivity contribution in [1.29, 1.82) is 5.41 Å². The summed E-state index contributed by atoms with van der Waals surface area (Å²) in [5.74, 6) is 5.12. The van der Waals surface area contributed by atoms with Gasteiger partial charge in [0.15, 0.2) is 0 Å². The van der Waals surface area contributed by atoms with Gasteiger partial charge >= 0.3 is 0 Å². The van der Waals surface area contributed by atoms with E-state index in [9.17, 15) is 0 Å². The highest BCUT2D eigenvalue weighted by Gasteiger charge is 2.23. The van der Waals surface area contributed by atoms with Crippen molar-refractivity contribution in [2.24, 2.45) is 5.90 Å². The minimum absolute atomic E-state index is 0.0236. The number of thiophene rings is 1. The smallest absolute Gasteiger partial charge is 0.249 e. The van der Waals surface area contributed by atoms with E-state index in [-0.39, 0.29) is 5.90 Å².